The molecule has 1 amide bonds. The number of aliphatic imine (C=N–C) groups is 1. The number of hydrogen-bond donors (Lipinski definition) is 2. The molecule has 1 aromatic rings. The zero-order chi connectivity index (χ0) is 17.4. The second-order valence-corrected chi connectivity index (χ2v) is 6.85. The number of amides is 1. The van der Waals surface area contributed by atoms with Crippen molar-refractivity contribution in [2.45, 2.75) is 39.2 Å². The Balaban J connectivity index is 0.00000312. The van der Waals surface area contributed by atoms with Crippen molar-refractivity contribution in [1.29, 1.82) is 0 Å². The maximum Gasteiger partial charge on any atom is 0.241 e. The van der Waals surface area contributed by atoms with E-state index in [2.05, 4.69) is 34.7 Å². The van der Waals surface area contributed by atoms with Gasteiger partial charge in [0.1, 0.15) is 0 Å². The molecule has 0 heterocycles. The van der Waals surface area contributed by atoms with E-state index in [1.807, 2.05) is 18.2 Å². The Morgan fingerprint density at radius 1 is 1.20 bits per heavy atom. The molecule has 0 saturated heterocycles. The van der Waals surface area contributed by atoms with Gasteiger partial charge in [-0.3, -0.25) is 4.79 Å². The summed E-state index contributed by atoms with van der Waals surface area (Å²) in [6.45, 7) is 4.03. The minimum atomic E-state index is 0. The highest BCUT2D eigenvalue weighted by Gasteiger charge is 2.34. The van der Waals surface area contributed by atoms with Crippen LogP contribution in [0.25, 0.3) is 0 Å². The van der Waals surface area contributed by atoms with Gasteiger partial charge in [0.2, 0.25) is 5.91 Å². The lowest BCUT2D eigenvalue weighted by molar-refractivity contribution is -0.127. The fourth-order valence-corrected chi connectivity index (χ4v) is 2.85. The number of halogens is 1. The summed E-state index contributed by atoms with van der Waals surface area (Å²) in [6.07, 6.45) is 5.05. The third-order valence-corrected chi connectivity index (χ3v) is 4.96. The minimum Gasteiger partial charge on any atom is -0.356 e. The Labute approximate surface area is 168 Å². The zero-order valence-electron chi connectivity index (χ0n) is 15.5. The van der Waals surface area contributed by atoms with E-state index in [0.29, 0.717) is 17.9 Å². The van der Waals surface area contributed by atoms with E-state index < -0.39 is 0 Å². The van der Waals surface area contributed by atoms with Gasteiger partial charge in [0.05, 0.1) is 13.1 Å². The molecule has 0 spiro atoms. The molecular weight excluding hydrogens is 427 g/mol. The predicted molar refractivity (Wildman–Crippen MR) is 114 cm³/mol. The molecule has 0 aromatic heterocycles. The fourth-order valence-electron chi connectivity index (χ4n) is 2.85. The lowest BCUT2D eigenvalue weighted by Crippen LogP contribution is -2.48. The van der Waals surface area contributed by atoms with Gasteiger partial charge in [0.25, 0.3) is 0 Å². The zero-order valence-corrected chi connectivity index (χ0v) is 17.9. The monoisotopic (exact) mass is 458 g/mol. The number of rotatable bonds is 7. The first-order chi connectivity index (χ1) is 11.5. The number of hydrogen-bond acceptors (Lipinski definition) is 2. The van der Waals surface area contributed by atoms with Gasteiger partial charge >= 0.3 is 0 Å². The quantitative estimate of drug-likeness (QED) is 0.375. The molecule has 2 N–H and O–H groups in total. The molecule has 1 saturated carbocycles. The second kappa shape index (κ2) is 10.6. The molecular formula is C19H31IN4O. The molecule has 0 unspecified atom stereocenters. The summed E-state index contributed by atoms with van der Waals surface area (Å²) in [5, 5.41) is 6.61. The van der Waals surface area contributed by atoms with Crippen LogP contribution < -0.4 is 10.6 Å². The van der Waals surface area contributed by atoms with Gasteiger partial charge in [-0.05, 0) is 30.2 Å². The molecule has 6 heteroatoms. The number of carbonyl (C=O) groups is 1. The fraction of sp³-hybridized carbons (Fsp3) is 0.579. The molecule has 2 rings (SSSR count). The molecule has 25 heavy (non-hydrogen) atoms. The van der Waals surface area contributed by atoms with Crippen LogP contribution in [0, 0.1) is 5.41 Å². The van der Waals surface area contributed by atoms with Crippen molar-refractivity contribution < 1.29 is 4.79 Å². The highest BCUT2D eigenvalue weighted by atomic mass is 127. The molecule has 1 aliphatic rings. The lowest BCUT2D eigenvalue weighted by atomic mass is 9.67. The molecule has 1 fully saturated rings. The van der Waals surface area contributed by atoms with E-state index in [0.717, 1.165) is 12.1 Å². The second-order valence-electron chi connectivity index (χ2n) is 6.85. The van der Waals surface area contributed by atoms with Crippen molar-refractivity contribution in [3.8, 4) is 0 Å². The molecule has 0 bridgehead atoms. The van der Waals surface area contributed by atoms with Crippen LogP contribution in [0.15, 0.2) is 35.3 Å². The summed E-state index contributed by atoms with van der Waals surface area (Å²) < 4.78 is 0. The average molecular weight is 458 g/mol. The van der Waals surface area contributed by atoms with Crippen molar-refractivity contribution in [1.82, 2.24) is 15.5 Å². The van der Waals surface area contributed by atoms with Gasteiger partial charge in [-0.15, -0.1) is 24.0 Å². The van der Waals surface area contributed by atoms with Gasteiger partial charge in [-0.1, -0.05) is 43.7 Å². The van der Waals surface area contributed by atoms with Crippen LogP contribution in [0.1, 0.15) is 38.2 Å². The van der Waals surface area contributed by atoms with E-state index in [-0.39, 0.29) is 36.4 Å². The van der Waals surface area contributed by atoms with Gasteiger partial charge < -0.3 is 15.5 Å². The van der Waals surface area contributed by atoms with Crippen LogP contribution in [0.2, 0.25) is 0 Å². The molecule has 140 valence electrons. The summed E-state index contributed by atoms with van der Waals surface area (Å²) in [7, 11) is 3.53. The lowest BCUT2D eigenvalue weighted by Gasteiger charge is -2.41. The Morgan fingerprint density at radius 3 is 2.40 bits per heavy atom. The number of likely N-dealkylation sites (N-methyl/N-ethyl adjacent to an activating group) is 1. The summed E-state index contributed by atoms with van der Waals surface area (Å²) in [5.74, 6) is 0.756. The number of carbonyl (C=O) groups excluding carboxylic acids is 1. The van der Waals surface area contributed by atoms with Crippen LogP contribution >= 0.6 is 24.0 Å². The number of guanidine groups is 1. The number of nitrogens with zero attached hydrogens (tertiary/aromatic N) is 2. The minimum absolute atomic E-state index is 0. The highest BCUT2D eigenvalue weighted by molar-refractivity contribution is 14.0. The van der Waals surface area contributed by atoms with Crippen LogP contribution in [0.5, 0.6) is 0 Å². The Hall–Kier alpha value is -1.31. The van der Waals surface area contributed by atoms with Crippen LogP contribution in [-0.2, 0) is 11.3 Å². The predicted octanol–water partition coefficient (Wildman–Crippen LogP) is 3.01. The molecule has 5 nitrogen and oxygen atoms in total. The molecule has 1 aliphatic carbocycles. The first-order valence-electron chi connectivity index (χ1n) is 8.81. The van der Waals surface area contributed by atoms with E-state index >= 15 is 0 Å². The summed E-state index contributed by atoms with van der Waals surface area (Å²) in [4.78, 5) is 18.1. The molecule has 0 atom stereocenters. The maximum atomic E-state index is 11.8. The SMILES string of the molecule is CCC1(CNC(=NCc2ccccc2)NCC(=O)N(C)C)CCC1.I. The van der Waals surface area contributed by atoms with Crippen molar-refractivity contribution in [2.75, 3.05) is 27.2 Å². The largest absolute Gasteiger partial charge is 0.356 e. The summed E-state index contributed by atoms with van der Waals surface area (Å²) in [5.41, 5.74) is 1.56. The highest BCUT2D eigenvalue weighted by Crippen LogP contribution is 2.42. The Bertz CT molecular complexity index is 550. The Kier molecular flexibility index (Phi) is 9.24. The smallest absolute Gasteiger partial charge is 0.241 e. The van der Waals surface area contributed by atoms with Crippen molar-refractivity contribution >= 4 is 35.8 Å². The first kappa shape index (κ1) is 21.7. The third kappa shape index (κ3) is 6.84. The van der Waals surface area contributed by atoms with Gasteiger partial charge in [-0.2, -0.15) is 0 Å². The van der Waals surface area contributed by atoms with Crippen LogP contribution in [-0.4, -0.2) is 44.0 Å². The van der Waals surface area contributed by atoms with E-state index in [1.165, 1.54) is 25.7 Å². The number of nitrogens with one attached hydrogen (secondary N) is 2. The van der Waals surface area contributed by atoms with Crippen LogP contribution in [0.3, 0.4) is 0 Å². The number of benzene rings is 1. The normalized spacial score (nSPS) is 15.6. The standard InChI is InChI=1S/C19H30N4O.HI/c1-4-19(11-8-12-19)15-22-18(21-14-17(24)23(2)3)20-13-16-9-6-5-7-10-16;/h5-7,9-10H,4,8,11-15H2,1-3H3,(H2,20,21,22);1H. The Morgan fingerprint density at radius 2 is 1.88 bits per heavy atom. The molecule has 0 radical (unpaired) electrons. The van der Waals surface area contributed by atoms with E-state index in [1.54, 1.807) is 19.0 Å². The third-order valence-electron chi connectivity index (χ3n) is 4.96. The van der Waals surface area contributed by atoms with E-state index in [4.69, 9.17) is 0 Å². The van der Waals surface area contributed by atoms with Crippen molar-refractivity contribution in [3.05, 3.63) is 35.9 Å². The topological polar surface area (TPSA) is 56.7 Å². The summed E-state index contributed by atoms with van der Waals surface area (Å²) in [6, 6.07) is 10.2. The van der Waals surface area contributed by atoms with Crippen molar-refractivity contribution in [2.24, 2.45) is 10.4 Å². The van der Waals surface area contributed by atoms with Gasteiger partial charge in [-0.25, -0.2) is 4.99 Å². The van der Waals surface area contributed by atoms with Crippen LogP contribution in [0.4, 0.5) is 0 Å². The van der Waals surface area contributed by atoms with Gasteiger partial charge in [0, 0.05) is 20.6 Å². The average Bonchev–Trinajstić information content (AvgIpc) is 2.56. The maximum absolute atomic E-state index is 11.8. The van der Waals surface area contributed by atoms with E-state index in [9.17, 15) is 4.79 Å². The van der Waals surface area contributed by atoms with Gasteiger partial charge in [0.15, 0.2) is 5.96 Å². The summed E-state index contributed by atoms with van der Waals surface area (Å²) >= 11 is 0. The molecule has 0 aliphatic heterocycles. The molecule has 1 aromatic carbocycles. The van der Waals surface area contributed by atoms with Crippen molar-refractivity contribution in [3.63, 3.8) is 0 Å². The first-order valence-corrected chi connectivity index (χ1v) is 8.81.